The van der Waals surface area contributed by atoms with E-state index in [0.29, 0.717) is 21.9 Å². The number of ether oxygens (including phenoxy) is 2. The number of carbonyl (C=O) groups is 2. The van der Waals surface area contributed by atoms with Crippen LogP contribution in [0.5, 0.6) is 5.75 Å². The Morgan fingerprint density at radius 3 is 2.38 bits per heavy atom. The van der Waals surface area contributed by atoms with Gasteiger partial charge in [0.25, 0.3) is 5.91 Å². The van der Waals surface area contributed by atoms with Crippen molar-refractivity contribution in [2.45, 2.75) is 32.4 Å². The highest BCUT2D eigenvalue weighted by molar-refractivity contribution is 6.31. The number of methoxy groups -OCH3 is 1. The molecule has 2 aromatic carbocycles. The van der Waals surface area contributed by atoms with E-state index in [4.69, 9.17) is 21.1 Å². The summed E-state index contributed by atoms with van der Waals surface area (Å²) in [5.41, 5.74) is 1.03. The Morgan fingerprint density at radius 2 is 1.73 bits per heavy atom. The van der Waals surface area contributed by atoms with Crippen molar-refractivity contribution in [1.82, 2.24) is 5.32 Å². The van der Waals surface area contributed by atoms with E-state index in [9.17, 15) is 9.59 Å². The fourth-order valence-electron chi connectivity index (χ4n) is 2.54. The number of halogens is 1. The molecule has 1 amide bonds. The molecule has 0 aromatic heterocycles. The minimum Gasteiger partial charge on any atom is -0.496 e. The van der Waals surface area contributed by atoms with Crippen molar-refractivity contribution in [3.05, 3.63) is 64.7 Å². The third kappa shape index (κ3) is 5.23. The minimum absolute atomic E-state index is 0.0250. The second kappa shape index (κ2) is 9.25. The lowest BCUT2D eigenvalue weighted by Gasteiger charge is -2.21. The topological polar surface area (TPSA) is 64.6 Å². The second-order valence-corrected chi connectivity index (χ2v) is 6.40. The van der Waals surface area contributed by atoms with E-state index < -0.39 is 12.0 Å². The summed E-state index contributed by atoms with van der Waals surface area (Å²) >= 11 is 6.27. The van der Waals surface area contributed by atoms with Crippen molar-refractivity contribution in [2.24, 2.45) is 0 Å². The molecule has 0 heterocycles. The zero-order valence-electron chi connectivity index (χ0n) is 15.0. The van der Waals surface area contributed by atoms with Gasteiger partial charge in [-0.3, -0.25) is 9.59 Å². The summed E-state index contributed by atoms with van der Waals surface area (Å²) in [5.74, 6) is -0.317. The van der Waals surface area contributed by atoms with Gasteiger partial charge in [0.15, 0.2) is 0 Å². The predicted molar refractivity (Wildman–Crippen MR) is 100 cm³/mol. The van der Waals surface area contributed by atoms with Gasteiger partial charge in [-0.05, 0) is 37.6 Å². The maximum Gasteiger partial charge on any atom is 0.308 e. The van der Waals surface area contributed by atoms with Crippen LogP contribution in [0.15, 0.2) is 48.5 Å². The standard InChI is InChI=1S/C20H22ClNO4/c1-13(2)26-19(23)12-17(14-8-4-6-10-16(14)21)22-20(24)15-9-5-7-11-18(15)25-3/h4-11,13,17H,12H2,1-3H3,(H,22,24)/t17-/m1/s1. The zero-order chi connectivity index (χ0) is 19.1. The lowest BCUT2D eigenvalue weighted by Crippen LogP contribution is -2.31. The van der Waals surface area contributed by atoms with Crippen molar-refractivity contribution in [3.8, 4) is 5.75 Å². The lowest BCUT2D eigenvalue weighted by molar-refractivity contribution is -0.147. The monoisotopic (exact) mass is 375 g/mol. The highest BCUT2D eigenvalue weighted by Crippen LogP contribution is 2.27. The van der Waals surface area contributed by atoms with Gasteiger partial charge in [-0.15, -0.1) is 0 Å². The Hall–Kier alpha value is -2.53. The third-order valence-corrected chi connectivity index (χ3v) is 4.02. The van der Waals surface area contributed by atoms with E-state index in [1.807, 2.05) is 0 Å². The van der Waals surface area contributed by atoms with Gasteiger partial charge >= 0.3 is 5.97 Å². The molecule has 0 aliphatic rings. The average molecular weight is 376 g/mol. The number of rotatable bonds is 7. The van der Waals surface area contributed by atoms with Gasteiger partial charge in [0, 0.05) is 5.02 Å². The summed E-state index contributed by atoms with van der Waals surface area (Å²) in [6.45, 7) is 3.55. The summed E-state index contributed by atoms with van der Waals surface area (Å²) in [6, 6.07) is 13.3. The maximum atomic E-state index is 12.7. The average Bonchev–Trinajstić information content (AvgIpc) is 2.60. The molecule has 0 bridgehead atoms. The number of hydrogen-bond acceptors (Lipinski definition) is 4. The highest BCUT2D eigenvalue weighted by Gasteiger charge is 2.23. The van der Waals surface area contributed by atoms with E-state index >= 15 is 0 Å². The number of benzene rings is 2. The molecule has 0 saturated heterocycles. The number of para-hydroxylation sites is 1. The first-order valence-corrected chi connectivity index (χ1v) is 8.68. The largest absolute Gasteiger partial charge is 0.496 e. The number of nitrogens with one attached hydrogen (secondary N) is 1. The van der Waals surface area contributed by atoms with Crippen molar-refractivity contribution < 1.29 is 19.1 Å². The van der Waals surface area contributed by atoms with E-state index in [1.165, 1.54) is 7.11 Å². The van der Waals surface area contributed by atoms with Gasteiger partial charge in [-0.2, -0.15) is 0 Å². The zero-order valence-corrected chi connectivity index (χ0v) is 15.7. The van der Waals surface area contributed by atoms with Crippen LogP contribution in [0.25, 0.3) is 0 Å². The molecule has 0 aliphatic carbocycles. The highest BCUT2D eigenvalue weighted by atomic mass is 35.5. The Bertz CT molecular complexity index is 776. The van der Waals surface area contributed by atoms with Crippen LogP contribution in [-0.2, 0) is 9.53 Å². The van der Waals surface area contributed by atoms with Crippen LogP contribution in [0.2, 0.25) is 5.02 Å². The molecule has 138 valence electrons. The molecule has 1 atom stereocenters. The fraction of sp³-hybridized carbons (Fsp3) is 0.300. The molecular weight excluding hydrogens is 354 g/mol. The van der Waals surface area contributed by atoms with Crippen LogP contribution >= 0.6 is 11.6 Å². The molecular formula is C20H22ClNO4. The van der Waals surface area contributed by atoms with Gasteiger partial charge < -0.3 is 14.8 Å². The Morgan fingerprint density at radius 1 is 1.08 bits per heavy atom. The van der Waals surface area contributed by atoms with E-state index in [1.54, 1.807) is 62.4 Å². The van der Waals surface area contributed by atoms with Crippen molar-refractivity contribution in [1.29, 1.82) is 0 Å². The molecule has 0 aliphatic heterocycles. The molecule has 2 aromatic rings. The first-order chi connectivity index (χ1) is 12.4. The molecule has 2 rings (SSSR count). The number of hydrogen-bond donors (Lipinski definition) is 1. The molecule has 0 fully saturated rings. The molecule has 26 heavy (non-hydrogen) atoms. The van der Waals surface area contributed by atoms with Crippen LogP contribution in [0.1, 0.15) is 42.2 Å². The molecule has 1 N–H and O–H groups in total. The van der Waals surface area contributed by atoms with Crippen LogP contribution in [0.3, 0.4) is 0 Å². The summed E-state index contributed by atoms with van der Waals surface area (Å²) < 4.78 is 10.4. The second-order valence-electron chi connectivity index (χ2n) is 5.99. The number of amides is 1. The van der Waals surface area contributed by atoms with Crippen molar-refractivity contribution in [2.75, 3.05) is 7.11 Å². The molecule has 6 heteroatoms. The minimum atomic E-state index is -0.618. The van der Waals surface area contributed by atoms with E-state index in [0.717, 1.165) is 0 Å². The van der Waals surface area contributed by atoms with Gasteiger partial charge in [0.05, 0.1) is 31.2 Å². The summed E-state index contributed by atoms with van der Waals surface area (Å²) in [6.07, 6.45) is -0.262. The number of esters is 1. The third-order valence-electron chi connectivity index (χ3n) is 3.68. The van der Waals surface area contributed by atoms with Gasteiger partial charge in [0.2, 0.25) is 0 Å². The molecule has 5 nitrogen and oxygen atoms in total. The number of carbonyl (C=O) groups excluding carboxylic acids is 2. The van der Waals surface area contributed by atoms with Gasteiger partial charge in [-0.1, -0.05) is 41.9 Å². The van der Waals surface area contributed by atoms with Crippen molar-refractivity contribution in [3.63, 3.8) is 0 Å². The normalized spacial score (nSPS) is 11.7. The summed E-state index contributed by atoms with van der Waals surface area (Å²) in [4.78, 5) is 24.9. The van der Waals surface area contributed by atoms with E-state index in [2.05, 4.69) is 5.32 Å². The molecule has 0 radical (unpaired) electrons. The predicted octanol–water partition coefficient (Wildman–Crippen LogP) is 4.16. The van der Waals surface area contributed by atoms with Gasteiger partial charge in [-0.25, -0.2) is 0 Å². The molecule has 0 spiro atoms. The van der Waals surface area contributed by atoms with Crippen LogP contribution in [0, 0.1) is 0 Å². The van der Waals surface area contributed by atoms with Crippen LogP contribution < -0.4 is 10.1 Å². The Kier molecular flexibility index (Phi) is 7.04. The SMILES string of the molecule is COc1ccccc1C(=O)N[C@H](CC(=O)OC(C)C)c1ccccc1Cl. The summed E-state index contributed by atoms with van der Waals surface area (Å²) in [7, 11) is 1.50. The van der Waals surface area contributed by atoms with Crippen molar-refractivity contribution >= 4 is 23.5 Å². The summed E-state index contributed by atoms with van der Waals surface area (Å²) in [5, 5.41) is 3.33. The smallest absolute Gasteiger partial charge is 0.308 e. The molecule has 0 unspecified atom stereocenters. The van der Waals surface area contributed by atoms with Crippen LogP contribution in [-0.4, -0.2) is 25.1 Å². The lowest BCUT2D eigenvalue weighted by atomic mass is 10.0. The molecule has 0 saturated carbocycles. The Labute approximate surface area is 158 Å². The first kappa shape index (κ1) is 19.8. The quantitative estimate of drug-likeness (QED) is 0.738. The van der Waals surface area contributed by atoms with Crippen LogP contribution in [0.4, 0.5) is 0 Å². The first-order valence-electron chi connectivity index (χ1n) is 8.30. The maximum absolute atomic E-state index is 12.7. The Balaban J connectivity index is 2.27. The van der Waals surface area contributed by atoms with Gasteiger partial charge in [0.1, 0.15) is 5.75 Å². The van der Waals surface area contributed by atoms with E-state index in [-0.39, 0.29) is 18.4 Å². The fourth-order valence-corrected chi connectivity index (χ4v) is 2.81.